The first-order valence-electron chi connectivity index (χ1n) is 7.76. The first kappa shape index (κ1) is 15.0. The van der Waals surface area contributed by atoms with Crippen LogP contribution < -0.4 is 5.73 Å². The van der Waals surface area contributed by atoms with Crippen LogP contribution in [0.5, 0.6) is 0 Å². The van der Waals surface area contributed by atoms with Crippen LogP contribution in [0.4, 0.5) is 0 Å². The third kappa shape index (κ3) is 4.07. The summed E-state index contributed by atoms with van der Waals surface area (Å²) in [5.41, 5.74) is 8.09. The van der Waals surface area contributed by atoms with E-state index in [1.54, 1.807) is 0 Å². The van der Waals surface area contributed by atoms with Crippen LogP contribution in [0.3, 0.4) is 0 Å². The minimum atomic E-state index is 0.296. The van der Waals surface area contributed by atoms with Gasteiger partial charge in [-0.15, -0.1) is 0 Å². The van der Waals surface area contributed by atoms with Crippen molar-refractivity contribution in [3.05, 3.63) is 35.4 Å². The summed E-state index contributed by atoms with van der Waals surface area (Å²) in [6.07, 6.45) is 5.96. The number of hydrogen-bond donors (Lipinski definition) is 1. The third-order valence-corrected chi connectivity index (χ3v) is 4.15. The molecule has 0 heterocycles. The molecule has 1 saturated carbocycles. The lowest BCUT2D eigenvalue weighted by molar-refractivity contribution is -0.135. The molecule has 1 amide bonds. The number of benzene rings is 1. The Morgan fingerprint density at radius 2 is 2.20 bits per heavy atom. The van der Waals surface area contributed by atoms with Crippen molar-refractivity contribution in [1.29, 1.82) is 0 Å². The molecule has 1 aliphatic carbocycles. The van der Waals surface area contributed by atoms with E-state index in [1.165, 1.54) is 30.4 Å². The number of amides is 1. The second-order valence-electron chi connectivity index (χ2n) is 5.80. The predicted octanol–water partition coefficient (Wildman–Crippen LogP) is 2.66. The van der Waals surface area contributed by atoms with Gasteiger partial charge in [-0.25, -0.2) is 0 Å². The highest BCUT2D eigenvalue weighted by Gasteiger charge is 2.27. The van der Waals surface area contributed by atoms with Gasteiger partial charge in [0.25, 0.3) is 0 Å². The van der Waals surface area contributed by atoms with Gasteiger partial charge in [-0.05, 0) is 51.1 Å². The molecular weight excluding hydrogens is 248 g/mol. The topological polar surface area (TPSA) is 46.3 Å². The number of carbonyl (C=O) groups is 1. The minimum absolute atomic E-state index is 0.296. The Morgan fingerprint density at radius 1 is 1.40 bits per heavy atom. The van der Waals surface area contributed by atoms with Gasteiger partial charge in [0.15, 0.2) is 0 Å². The van der Waals surface area contributed by atoms with E-state index in [0.29, 0.717) is 24.9 Å². The molecule has 1 fully saturated rings. The monoisotopic (exact) mass is 274 g/mol. The van der Waals surface area contributed by atoms with Gasteiger partial charge < -0.3 is 10.6 Å². The van der Waals surface area contributed by atoms with Crippen molar-refractivity contribution in [2.75, 3.05) is 13.1 Å². The van der Waals surface area contributed by atoms with E-state index in [0.717, 1.165) is 19.4 Å². The summed E-state index contributed by atoms with van der Waals surface area (Å²) >= 11 is 0. The van der Waals surface area contributed by atoms with Crippen LogP contribution in [0.15, 0.2) is 24.3 Å². The normalized spacial score (nSPS) is 14.9. The molecule has 110 valence electrons. The van der Waals surface area contributed by atoms with Gasteiger partial charge in [-0.3, -0.25) is 4.79 Å². The van der Waals surface area contributed by atoms with Gasteiger partial charge in [0.2, 0.25) is 5.91 Å². The second-order valence-corrected chi connectivity index (χ2v) is 5.80. The fraction of sp³-hybridized carbons (Fsp3) is 0.588. The Hall–Kier alpha value is -1.35. The molecule has 3 heteroatoms. The van der Waals surface area contributed by atoms with Crippen molar-refractivity contribution >= 4 is 5.91 Å². The van der Waals surface area contributed by atoms with Crippen LogP contribution in [0, 0.1) is 6.92 Å². The zero-order chi connectivity index (χ0) is 14.4. The first-order chi connectivity index (χ1) is 9.70. The number of hydrogen-bond acceptors (Lipinski definition) is 2. The molecule has 0 aromatic heterocycles. The highest BCUT2D eigenvalue weighted by atomic mass is 16.2. The van der Waals surface area contributed by atoms with Crippen molar-refractivity contribution < 1.29 is 4.79 Å². The minimum Gasteiger partial charge on any atom is -0.340 e. The number of nitrogens with zero attached hydrogens (tertiary/aromatic N) is 1. The van der Waals surface area contributed by atoms with Gasteiger partial charge in [0, 0.05) is 19.0 Å². The van der Waals surface area contributed by atoms with Gasteiger partial charge >= 0.3 is 0 Å². The van der Waals surface area contributed by atoms with E-state index in [9.17, 15) is 4.79 Å². The highest BCUT2D eigenvalue weighted by Crippen LogP contribution is 2.25. The van der Waals surface area contributed by atoms with Crippen molar-refractivity contribution in [3.8, 4) is 0 Å². The van der Waals surface area contributed by atoms with Crippen LogP contribution in [0.2, 0.25) is 0 Å². The van der Waals surface area contributed by atoms with Gasteiger partial charge in [0.05, 0.1) is 0 Å². The fourth-order valence-corrected chi connectivity index (χ4v) is 2.73. The number of aryl methyl sites for hydroxylation is 2. The Balaban J connectivity index is 1.87. The summed E-state index contributed by atoms with van der Waals surface area (Å²) in [4.78, 5) is 14.5. The predicted molar refractivity (Wildman–Crippen MR) is 82.5 cm³/mol. The SMILES string of the molecule is Cc1cccc(CCC(=O)N(CCCN)C2CCC2)c1. The quantitative estimate of drug-likeness (QED) is 0.831. The Morgan fingerprint density at radius 3 is 2.80 bits per heavy atom. The third-order valence-electron chi connectivity index (χ3n) is 4.15. The molecule has 1 aromatic rings. The molecule has 0 atom stereocenters. The maximum absolute atomic E-state index is 12.4. The van der Waals surface area contributed by atoms with Crippen molar-refractivity contribution in [1.82, 2.24) is 4.90 Å². The summed E-state index contributed by atoms with van der Waals surface area (Å²) in [6.45, 7) is 3.58. The zero-order valence-corrected chi connectivity index (χ0v) is 12.5. The number of nitrogens with two attached hydrogens (primary N) is 1. The Bertz CT molecular complexity index is 440. The molecule has 20 heavy (non-hydrogen) atoms. The van der Waals surface area contributed by atoms with Crippen LogP contribution in [-0.4, -0.2) is 29.9 Å². The molecule has 0 bridgehead atoms. The van der Waals surface area contributed by atoms with Crippen molar-refractivity contribution in [3.63, 3.8) is 0 Å². The molecule has 1 aromatic carbocycles. The fourth-order valence-electron chi connectivity index (χ4n) is 2.73. The van der Waals surface area contributed by atoms with Crippen molar-refractivity contribution in [2.24, 2.45) is 5.73 Å². The van der Waals surface area contributed by atoms with Gasteiger partial charge in [-0.1, -0.05) is 29.8 Å². The molecule has 2 N–H and O–H groups in total. The maximum Gasteiger partial charge on any atom is 0.223 e. The Kier molecular flexibility index (Phi) is 5.60. The van der Waals surface area contributed by atoms with Gasteiger partial charge in [-0.2, -0.15) is 0 Å². The first-order valence-corrected chi connectivity index (χ1v) is 7.76. The standard InChI is InChI=1S/C17H26N2O/c1-14-5-2-6-15(13-14)9-10-17(20)19(12-4-11-18)16-7-3-8-16/h2,5-6,13,16H,3-4,7-12,18H2,1H3. The molecule has 2 rings (SSSR count). The lowest BCUT2D eigenvalue weighted by atomic mass is 9.91. The second kappa shape index (κ2) is 7.44. The lowest BCUT2D eigenvalue weighted by Crippen LogP contribution is -2.45. The molecule has 0 unspecified atom stereocenters. The maximum atomic E-state index is 12.4. The summed E-state index contributed by atoms with van der Waals surface area (Å²) in [5.74, 6) is 0.296. The van der Waals surface area contributed by atoms with E-state index < -0.39 is 0 Å². The van der Waals surface area contributed by atoms with Crippen molar-refractivity contribution in [2.45, 2.75) is 51.5 Å². The molecule has 0 saturated heterocycles. The average Bonchev–Trinajstić information content (AvgIpc) is 2.38. The smallest absolute Gasteiger partial charge is 0.223 e. The van der Waals surface area contributed by atoms with E-state index in [2.05, 4.69) is 36.1 Å². The van der Waals surface area contributed by atoms with E-state index in [4.69, 9.17) is 5.73 Å². The van der Waals surface area contributed by atoms with E-state index in [1.807, 2.05) is 0 Å². The van der Waals surface area contributed by atoms with Crippen LogP contribution in [0.25, 0.3) is 0 Å². The molecule has 0 aliphatic heterocycles. The molecule has 1 aliphatic rings. The molecular formula is C17H26N2O. The van der Waals surface area contributed by atoms with Crippen LogP contribution in [-0.2, 0) is 11.2 Å². The average molecular weight is 274 g/mol. The number of rotatable bonds is 7. The lowest BCUT2D eigenvalue weighted by Gasteiger charge is -2.37. The van der Waals surface area contributed by atoms with Crippen LogP contribution in [0.1, 0.15) is 43.2 Å². The molecule has 3 nitrogen and oxygen atoms in total. The summed E-state index contributed by atoms with van der Waals surface area (Å²) < 4.78 is 0. The summed E-state index contributed by atoms with van der Waals surface area (Å²) in [5, 5.41) is 0. The zero-order valence-electron chi connectivity index (χ0n) is 12.5. The summed E-state index contributed by atoms with van der Waals surface area (Å²) in [6, 6.07) is 8.90. The largest absolute Gasteiger partial charge is 0.340 e. The Labute approximate surface area is 122 Å². The highest BCUT2D eigenvalue weighted by molar-refractivity contribution is 5.77. The van der Waals surface area contributed by atoms with E-state index >= 15 is 0 Å². The van der Waals surface area contributed by atoms with E-state index in [-0.39, 0.29) is 0 Å². The molecule has 0 radical (unpaired) electrons. The molecule has 0 spiro atoms. The van der Waals surface area contributed by atoms with Crippen LogP contribution >= 0.6 is 0 Å². The number of carbonyl (C=O) groups excluding carboxylic acids is 1. The van der Waals surface area contributed by atoms with Gasteiger partial charge in [0.1, 0.15) is 0 Å². The summed E-state index contributed by atoms with van der Waals surface area (Å²) in [7, 11) is 0.